The van der Waals surface area contributed by atoms with Crippen LogP contribution in [0.5, 0.6) is 0 Å². The van der Waals surface area contributed by atoms with Crippen LogP contribution in [0.2, 0.25) is 0 Å². The minimum atomic E-state index is -2.22. The van der Waals surface area contributed by atoms with Gasteiger partial charge in [-0.25, -0.2) is 0 Å². The van der Waals surface area contributed by atoms with E-state index in [4.69, 9.17) is 10.2 Å². The first-order chi connectivity index (χ1) is 5.52. The molecule has 0 rings (SSSR count). The van der Waals surface area contributed by atoms with Gasteiger partial charge in [0.15, 0.2) is 0 Å². The fourth-order valence-electron chi connectivity index (χ4n) is 0.375. The van der Waals surface area contributed by atoms with Crippen molar-refractivity contribution in [2.24, 2.45) is 0 Å². The predicted octanol–water partition coefficient (Wildman–Crippen LogP) is 0.439. The Labute approximate surface area is 72.3 Å². The average Bonchev–Trinajstić information content (AvgIpc) is 1.96. The molecule has 72 valence electrons. The predicted molar refractivity (Wildman–Crippen MR) is 42.9 cm³/mol. The molecule has 2 atom stereocenters. The molecule has 2 N–H and O–H groups in total. The molecule has 0 spiro atoms. The second-order valence-corrected chi connectivity index (χ2v) is 3.48. The van der Waals surface area contributed by atoms with Crippen LogP contribution in [0.1, 0.15) is 13.8 Å². The third-order valence-corrected chi connectivity index (χ3v) is 1.56. The lowest BCUT2D eigenvalue weighted by atomic mass is 10.5. The Morgan fingerprint density at radius 2 is 1.50 bits per heavy atom. The SMILES string of the molecule is CC(O)CO[P+](=O)OCC(C)O. The summed E-state index contributed by atoms with van der Waals surface area (Å²) in [6.07, 6.45) is -1.34. The first kappa shape index (κ1) is 11.9. The molecule has 0 amide bonds. The van der Waals surface area contributed by atoms with Crippen LogP contribution in [0.25, 0.3) is 0 Å². The molecule has 0 aromatic carbocycles. The molecule has 2 unspecified atom stereocenters. The van der Waals surface area contributed by atoms with Crippen LogP contribution in [0.3, 0.4) is 0 Å². The molecule has 12 heavy (non-hydrogen) atoms. The van der Waals surface area contributed by atoms with Crippen molar-refractivity contribution in [2.75, 3.05) is 13.2 Å². The summed E-state index contributed by atoms with van der Waals surface area (Å²) in [5.74, 6) is 0. The van der Waals surface area contributed by atoms with Crippen LogP contribution in [0, 0.1) is 0 Å². The van der Waals surface area contributed by atoms with Crippen molar-refractivity contribution >= 4 is 8.25 Å². The summed E-state index contributed by atoms with van der Waals surface area (Å²) in [4.78, 5) is 0. The van der Waals surface area contributed by atoms with Gasteiger partial charge in [0, 0.05) is 4.57 Å². The summed E-state index contributed by atoms with van der Waals surface area (Å²) in [7, 11) is -2.22. The maximum atomic E-state index is 10.7. The van der Waals surface area contributed by atoms with E-state index in [9.17, 15) is 4.57 Å². The lowest BCUT2D eigenvalue weighted by Crippen LogP contribution is -2.10. The van der Waals surface area contributed by atoms with Gasteiger partial charge in [-0.2, -0.15) is 0 Å². The standard InChI is InChI=1S/C6H14O5P/c1-5(7)3-10-12(9)11-4-6(2)8/h5-8H,3-4H2,1-2H3/q+1. The van der Waals surface area contributed by atoms with Gasteiger partial charge >= 0.3 is 8.25 Å². The fourth-order valence-corrected chi connectivity index (χ4v) is 1.12. The van der Waals surface area contributed by atoms with E-state index in [-0.39, 0.29) is 13.2 Å². The molecule has 0 aromatic heterocycles. The molecular weight excluding hydrogens is 183 g/mol. The molecule has 0 aliphatic rings. The average molecular weight is 197 g/mol. The Hall–Kier alpha value is -0.0600. The highest BCUT2D eigenvalue weighted by molar-refractivity contribution is 7.33. The number of rotatable bonds is 6. The minimum Gasteiger partial charge on any atom is -0.391 e. The first-order valence-corrected chi connectivity index (χ1v) is 4.71. The second-order valence-electron chi connectivity index (χ2n) is 2.51. The van der Waals surface area contributed by atoms with Crippen LogP contribution >= 0.6 is 8.25 Å². The van der Waals surface area contributed by atoms with E-state index in [1.165, 1.54) is 13.8 Å². The van der Waals surface area contributed by atoms with Gasteiger partial charge in [-0.15, -0.1) is 9.05 Å². The number of aliphatic hydroxyl groups excluding tert-OH is 2. The van der Waals surface area contributed by atoms with Crippen LogP contribution in [-0.4, -0.2) is 35.6 Å². The zero-order valence-corrected chi connectivity index (χ0v) is 8.03. The Balaban J connectivity index is 3.34. The largest absolute Gasteiger partial charge is 0.697 e. The van der Waals surface area contributed by atoms with E-state index in [2.05, 4.69) is 9.05 Å². The Bertz CT molecular complexity index is 122. The van der Waals surface area contributed by atoms with Gasteiger partial charge in [-0.1, -0.05) is 0 Å². The topological polar surface area (TPSA) is 76.0 Å². The zero-order chi connectivity index (χ0) is 9.56. The van der Waals surface area contributed by atoms with Crippen molar-refractivity contribution in [3.63, 3.8) is 0 Å². The zero-order valence-electron chi connectivity index (χ0n) is 7.14. The molecule has 5 nitrogen and oxygen atoms in total. The smallest absolute Gasteiger partial charge is 0.391 e. The fraction of sp³-hybridized carbons (Fsp3) is 1.00. The molecule has 0 fully saturated rings. The molecule has 0 saturated heterocycles. The summed E-state index contributed by atoms with van der Waals surface area (Å²) in [6.45, 7) is 2.96. The van der Waals surface area contributed by atoms with Crippen LogP contribution in [-0.2, 0) is 13.6 Å². The Morgan fingerprint density at radius 3 is 1.75 bits per heavy atom. The number of aliphatic hydroxyl groups is 2. The Kier molecular flexibility index (Phi) is 6.42. The number of hydrogen-bond acceptors (Lipinski definition) is 5. The summed E-state index contributed by atoms with van der Waals surface area (Å²) in [6, 6.07) is 0. The Morgan fingerprint density at radius 1 is 1.17 bits per heavy atom. The third kappa shape index (κ3) is 8.04. The molecule has 0 heterocycles. The van der Waals surface area contributed by atoms with Crippen molar-refractivity contribution in [3.05, 3.63) is 0 Å². The normalized spacial score (nSPS) is 17.2. The lowest BCUT2D eigenvalue weighted by Gasteiger charge is -1.97. The van der Waals surface area contributed by atoms with Crippen molar-refractivity contribution < 1.29 is 23.8 Å². The van der Waals surface area contributed by atoms with E-state index in [1.54, 1.807) is 0 Å². The molecular formula is C6H14O5P+. The van der Waals surface area contributed by atoms with Gasteiger partial charge in [-0.05, 0) is 13.8 Å². The van der Waals surface area contributed by atoms with Crippen LogP contribution in [0.4, 0.5) is 0 Å². The van der Waals surface area contributed by atoms with Gasteiger partial charge < -0.3 is 10.2 Å². The van der Waals surface area contributed by atoms with Gasteiger partial charge in [0.05, 0.1) is 12.2 Å². The summed E-state index contributed by atoms with van der Waals surface area (Å²) in [5.41, 5.74) is 0. The van der Waals surface area contributed by atoms with Gasteiger partial charge in [0.1, 0.15) is 13.2 Å². The highest BCUT2D eigenvalue weighted by atomic mass is 31.1. The van der Waals surface area contributed by atoms with Gasteiger partial charge in [0.2, 0.25) is 0 Å². The molecule has 0 aliphatic carbocycles. The van der Waals surface area contributed by atoms with Crippen LogP contribution in [0.15, 0.2) is 0 Å². The molecule has 6 heteroatoms. The van der Waals surface area contributed by atoms with E-state index >= 15 is 0 Å². The van der Waals surface area contributed by atoms with Crippen molar-refractivity contribution in [3.8, 4) is 0 Å². The quantitative estimate of drug-likeness (QED) is 0.604. The van der Waals surface area contributed by atoms with E-state index in [0.29, 0.717) is 0 Å². The van der Waals surface area contributed by atoms with E-state index in [1.807, 2.05) is 0 Å². The van der Waals surface area contributed by atoms with Crippen molar-refractivity contribution in [1.29, 1.82) is 0 Å². The highest BCUT2D eigenvalue weighted by Crippen LogP contribution is 2.23. The third-order valence-electron chi connectivity index (χ3n) is 0.842. The highest BCUT2D eigenvalue weighted by Gasteiger charge is 2.21. The van der Waals surface area contributed by atoms with Crippen molar-refractivity contribution in [1.82, 2.24) is 0 Å². The summed E-state index contributed by atoms with van der Waals surface area (Å²) < 4.78 is 19.9. The van der Waals surface area contributed by atoms with E-state index in [0.717, 1.165) is 0 Å². The molecule has 0 aliphatic heterocycles. The lowest BCUT2D eigenvalue weighted by molar-refractivity contribution is 0.0897. The molecule has 0 bridgehead atoms. The monoisotopic (exact) mass is 197 g/mol. The molecule has 0 aromatic rings. The second kappa shape index (κ2) is 6.46. The van der Waals surface area contributed by atoms with Crippen LogP contribution < -0.4 is 0 Å². The summed E-state index contributed by atoms with van der Waals surface area (Å²) >= 11 is 0. The maximum Gasteiger partial charge on any atom is 0.697 e. The van der Waals surface area contributed by atoms with E-state index < -0.39 is 20.5 Å². The summed E-state index contributed by atoms with van der Waals surface area (Å²) in [5, 5.41) is 17.4. The maximum absolute atomic E-state index is 10.7. The van der Waals surface area contributed by atoms with Gasteiger partial charge in [-0.3, -0.25) is 0 Å². The number of hydrogen-bond donors (Lipinski definition) is 2. The first-order valence-electron chi connectivity index (χ1n) is 3.61. The van der Waals surface area contributed by atoms with Gasteiger partial charge in [0.25, 0.3) is 0 Å². The van der Waals surface area contributed by atoms with Crippen molar-refractivity contribution in [2.45, 2.75) is 26.1 Å². The molecule has 0 saturated carbocycles. The minimum absolute atomic E-state index is 0.0327. The molecule has 0 radical (unpaired) electrons.